The van der Waals surface area contributed by atoms with Gasteiger partial charge in [0.05, 0.1) is 28.8 Å². The average Bonchev–Trinajstić information content (AvgIpc) is 3.41. The van der Waals surface area contributed by atoms with Crippen LogP contribution in [0.5, 0.6) is 0 Å². The first-order valence-corrected chi connectivity index (χ1v) is 14.4. The van der Waals surface area contributed by atoms with Crippen molar-refractivity contribution in [2.45, 2.75) is 72.5 Å². The van der Waals surface area contributed by atoms with Gasteiger partial charge >= 0.3 is 24.0 Å². The first kappa shape index (κ1) is 33.3. The lowest BCUT2D eigenvalue weighted by molar-refractivity contribution is -0.169. The zero-order chi connectivity index (χ0) is 33.2. The van der Waals surface area contributed by atoms with Crippen LogP contribution in [0.2, 0.25) is 0 Å². The number of rotatable bonds is 10. The quantitative estimate of drug-likeness (QED) is 0.195. The molecule has 0 aliphatic carbocycles. The highest BCUT2D eigenvalue weighted by Crippen LogP contribution is 2.44. The van der Waals surface area contributed by atoms with Crippen LogP contribution in [0.15, 0.2) is 18.6 Å². The van der Waals surface area contributed by atoms with Crippen LogP contribution in [-0.4, -0.2) is 80.8 Å². The molecule has 0 spiro atoms. The number of ether oxygens (including phenoxy) is 5. The number of hydrogen-bond donors (Lipinski definition) is 3. The summed E-state index contributed by atoms with van der Waals surface area (Å²) < 4.78 is 28.5. The van der Waals surface area contributed by atoms with E-state index in [-0.39, 0.29) is 34.7 Å². The normalized spacial score (nSPS) is 22.6. The van der Waals surface area contributed by atoms with E-state index in [2.05, 4.69) is 20.6 Å². The van der Waals surface area contributed by atoms with Crippen molar-refractivity contribution < 1.29 is 52.8 Å². The Morgan fingerprint density at radius 2 is 1.67 bits per heavy atom. The van der Waals surface area contributed by atoms with Crippen LogP contribution in [0, 0.1) is 17.8 Å². The number of aromatic nitrogens is 3. The molecule has 16 nitrogen and oxygen atoms in total. The van der Waals surface area contributed by atoms with Gasteiger partial charge < -0.3 is 38.7 Å². The van der Waals surface area contributed by atoms with Gasteiger partial charge in [-0.05, 0) is 6.92 Å². The SMILES string of the molecule is CC(C)C(=O)OCOC(=O)NC1=CC(=O)Nc2ncnc3c2c1cn3C1OC(COC(=O)C(C)C)C(OC(=O)C(C)C)C1(C)O. The van der Waals surface area contributed by atoms with Crippen molar-refractivity contribution in [3.8, 4) is 0 Å². The van der Waals surface area contributed by atoms with Gasteiger partial charge in [-0.3, -0.25) is 24.5 Å². The van der Waals surface area contributed by atoms with E-state index in [4.69, 9.17) is 23.7 Å². The van der Waals surface area contributed by atoms with Crippen LogP contribution in [0.4, 0.5) is 10.6 Å². The van der Waals surface area contributed by atoms with E-state index >= 15 is 0 Å². The van der Waals surface area contributed by atoms with Gasteiger partial charge in [-0.15, -0.1) is 0 Å². The summed E-state index contributed by atoms with van der Waals surface area (Å²) in [6.07, 6.45) is -0.860. The summed E-state index contributed by atoms with van der Waals surface area (Å²) in [5.74, 6) is -3.58. The molecule has 2 aromatic rings. The van der Waals surface area contributed by atoms with Gasteiger partial charge in [-0.25, -0.2) is 14.8 Å². The fourth-order valence-electron chi connectivity index (χ4n) is 4.63. The standard InChI is InChI=1S/C29H37N5O11/c1-13(2)24(36)41-10-18-21(45-26(38)15(5)6)29(7,40)27(44-18)34-9-16-17(32-28(39)43-12-42-25(37)14(3)4)8-19(35)33-22-20(16)23(34)31-11-30-22/h8-9,11,13-15,18,21,27,40H,10,12H2,1-7H3,(H,32,39)(H,30,31,33,35). The van der Waals surface area contributed by atoms with E-state index < -0.39 is 78.5 Å². The largest absolute Gasteiger partial charge is 0.463 e. The highest BCUT2D eigenvalue weighted by Gasteiger charge is 2.57. The molecule has 4 heterocycles. The van der Waals surface area contributed by atoms with E-state index in [1.807, 2.05) is 0 Å². The summed E-state index contributed by atoms with van der Waals surface area (Å²) in [4.78, 5) is 70.3. The van der Waals surface area contributed by atoms with E-state index in [0.29, 0.717) is 0 Å². The second-order valence-corrected chi connectivity index (χ2v) is 11.8. The molecule has 2 aliphatic rings. The molecule has 4 unspecified atom stereocenters. The maximum atomic E-state index is 12.7. The summed E-state index contributed by atoms with van der Waals surface area (Å²) in [6.45, 7) is 10.3. The first-order valence-electron chi connectivity index (χ1n) is 14.4. The Kier molecular flexibility index (Phi) is 9.77. The summed E-state index contributed by atoms with van der Waals surface area (Å²) in [5.41, 5.74) is -1.48. The molecular formula is C29H37N5O11. The summed E-state index contributed by atoms with van der Waals surface area (Å²) in [7, 11) is 0. The van der Waals surface area contributed by atoms with Crippen molar-refractivity contribution in [2.24, 2.45) is 17.8 Å². The number of carbonyl (C=O) groups excluding carboxylic acids is 5. The van der Waals surface area contributed by atoms with E-state index in [1.54, 1.807) is 41.5 Å². The maximum Gasteiger partial charge on any atom is 0.414 e. The third kappa shape index (κ3) is 7.06. The lowest BCUT2D eigenvalue weighted by Gasteiger charge is -2.30. The number of aliphatic hydroxyl groups is 1. The molecule has 45 heavy (non-hydrogen) atoms. The Hall–Kier alpha value is -4.57. The number of carbonyl (C=O) groups is 5. The van der Waals surface area contributed by atoms with Crippen LogP contribution in [-0.2, 0) is 42.9 Å². The Balaban J connectivity index is 1.70. The molecule has 2 amide bonds. The van der Waals surface area contributed by atoms with Crippen molar-refractivity contribution in [3.05, 3.63) is 24.2 Å². The monoisotopic (exact) mass is 631 g/mol. The van der Waals surface area contributed by atoms with Gasteiger partial charge in [0.15, 0.2) is 12.3 Å². The average molecular weight is 632 g/mol. The molecule has 4 atom stereocenters. The van der Waals surface area contributed by atoms with Crippen LogP contribution in [0.25, 0.3) is 16.7 Å². The van der Waals surface area contributed by atoms with Crippen LogP contribution < -0.4 is 10.6 Å². The Labute approximate surface area is 258 Å². The second-order valence-electron chi connectivity index (χ2n) is 11.8. The molecule has 0 bridgehead atoms. The minimum atomic E-state index is -1.89. The van der Waals surface area contributed by atoms with Crippen LogP contribution in [0.3, 0.4) is 0 Å². The topological polar surface area (TPSA) is 206 Å². The number of alkyl carbamates (subject to hydrolysis) is 1. The predicted octanol–water partition coefficient (Wildman–Crippen LogP) is 2.02. The van der Waals surface area contributed by atoms with E-state index in [0.717, 1.165) is 6.08 Å². The fourth-order valence-corrected chi connectivity index (χ4v) is 4.63. The number of esters is 3. The van der Waals surface area contributed by atoms with E-state index in [1.165, 1.54) is 24.0 Å². The van der Waals surface area contributed by atoms with Gasteiger partial charge in [0, 0.05) is 17.8 Å². The van der Waals surface area contributed by atoms with Crippen molar-refractivity contribution in [1.82, 2.24) is 19.9 Å². The molecule has 2 aromatic heterocycles. The number of nitrogens with one attached hydrogen (secondary N) is 2. The molecule has 3 N–H and O–H groups in total. The van der Waals surface area contributed by atoms with Crippen LogP contribution in [0.1, 0.15) is 60.3 Å². The number of hydrogen-bond acceptors (Lipinski definition) is 13. The first-order chi connectivity index (χ1) is 21.1. The van der Waals surface area contributed by atoms with Gasteiger partial charge in [0.1, 0.15) is 36.1 Å². The number of nitrogens with zero attached hydrogens (tertiary/aromatic N) is 3. The smallest absolute Gasteiger partial charge is 0.414 e. The van der Waals surface area contributed by atoms with E-state index in [9.17, 15) is 29.1 Å². The minimum absolute atomic E-state index is 0.0205. The zero-order valence-electron chi connectivity index (χ0n) is 26.0. The molecule has 4 rings (SSSR count). The third-order valence-corrected chi connectivity index (χ3v) is 7.06. The zero-order valence-corrected chi connectivity index (χ0v) is 26.0. The van der Waals surface area contributed by atoms with Crippen molar-refractivity contribution in [1.29, 1.82) is 0 Å². The lowest BCUT2D eigenvalue weighted by atomic mass is 9.96. The number of anilines is 1. The summed E-state index contributed by atoms with van der Waals surface area (Å²) in [5, 5.41) is 17.2. The summed E-state index contributed by atoms with van der Waals surface area (Å²) in [6, 6.07) is 0. The van der Waals surface area contributed by atoms with Gasteiger partial charge in [-0.1, -0.05) is 41.5 Å². The number of amides is 2. The van der Waals surface area contributed by atoms with Crippen molar-refractivity contribution >= 4 is 52.5 Å². The molecule has 2 aliphatic heterocycles. The maximum absolute atomic E-state index is 12.7. The highest BCUT2D eigenvalue weighted by atomic mass is 16.7. The van der Waals surface area contributed by atoms with Gasteiger partial charge in [0.25, 0.3) is 5.91 Å². The van der Waals surface area contributed by atoms with Crippen molar-refractivity contribution in [3.63, 3.8) is 0 Å². The minimum Gasteiger partial charge on any atom is -0.463 e. The second kappa shape index (κ2) is 13.2. The molecule has 0 radical (unpaired) electrons. The molecular weight excluding hydrogens is 594 g/mol. The molecule has 1 fully saturated rings. The Morgan fingerprint density at radius 1 is 1.02 bits per heavy atom. The molecule has 16 heteroatoms. The van der Waals surface area contributed by atoms with Crippen LogP contribution >= 0.6 is 0 Å². The highest BCUT2D eigenvalue weighted by molar-refractivity contribution is 6.14. The van der Waals surface area contributed by atoms with Gasteiger partial charge in [-0.2, -0.15) is 0 Å². The summed E-state index contributed by atoms with van der Waals surface area (Å²) >= 11 is 0. The molecule has 0 saturated carbocycles. The fraction of sp³-hybridized carbons (Fsp3) is 0.552. The lowest BCUT2D eigenvalue weighted by Crippen LogP contribution is -2.48. The van der Waals surface area contributed by atoms with Crippen molar-refractivity contribution in [2.75, 3.05) is 18.7 Å². The molecule has 0 aromatic carbocycles. The predicted molar refractivity (Wildman–Crippen MR) is 155 cm³/mol. The molecule has 1 saturated heterocycles. The van der Waals surface area contributed by atoms with Gasteiger partial charge in [0.2, 0.25) is 6.79 Å². The molecule has 244 valence electrons. The Morgan fingerprint density at radius 3 is 2.31 bits per heavy atom. The third-order valence-electron chi connectivity index (χ3n) is 7.06. The Bertz CT molecular complexity index is 1530.